The lowest BCUT2D eigenvalue weighted by Crippen LogP contribution is -2.46. The fourth-order valence-electron chi connectivity index (χ4n) is 4.73. The van der Waals surface area contributed by atoms with Gasteiger partial charge in [0.2, 0.25) is 5.60 Å². The normalized spacial score (nSPS) is 14.1. The number of halogens is 4. The number of fused-ring (bicyclic) bond motifs is 2. The molecule has 1 N–H and O–H groups in total. The number of aryl methyl sites for hydroxylation is 2. The third kappa shape index (κ3) is 3.60. The predicted octanol–water partition coefficient (Wildman–Crippen LogP) is 6.49. The second-order valence-corrected chi connectivity index (χ2v) is 8.93. The van der Waals surface area contributed by atoms with Crippen molar-refractivity contribution in [3.05, 3.63) is 95.1 Å². The molecule has 0 aliphatic rings. The second kappa shape index (κ2) is 7.95. The van der Waals surface area contributed by atoms with Crippen molar-refractivity contribution in [3.63, 3.8) is 0 Å². The van der Waals surface area contributed by atoms with E-state index in [0.29, 0.717) is 27.8 Å². The lowest BCUT2D eigenvalue weighted by molar-refractivity contribution is -0.271. The zero-order valence-corrected chi connectivity index (χ0v) is 19.4. The topological polar surface area (TPSA) is 43.0 Å². The van der Waals surface area contributed by atoms with E-state index < -0.39 is 24.1 Å². The molecule has 0 bridgehead atoms. The smallest absolute Gasteiger partial charge is 0.375 e. The number of nitrogens with zero attached hydrogens (tertiary/aromatic N) is 3. The minimum Gasteiger partial charge on any atom is -0.375 e. The van der Waals surface area contributed by atoms with E-state index in [2.05, 4.69) is 5.10 Å². The van der Waals surface area contributed by atoms with E-state index in [4.69, 9.17) is 0 Å². The van der Waals surface area contributed by atoms with Crippen molar-refractivity contribution >= 4 is 21.8 Å². The summed E-state index contributed by atoms with van der Waals surface area (Å²) in [4.78, 5) is 0. The Hall–Kier alpha value is -3.65. The van der Waals surface area contributed by atoms with Crippen molar-refractivity contribution < 1.29 is 22.7 Å². The van der Waals surface area contributed by atoms with Crippen molar-refractivity contribution in [2.45, 2.75) is 39.1 Å². The molecule has 35 heavy (non-hydrogen) atoms. The Kier molecular flexibility index (Phi) is 5.25. The van der Waals surface area contributed by atoms with Gasteiger partial charge in [-0.15, -0.1) is 0 Å². The van der Waals surface area contributed by atoms with Gasteiger partial charge in [0.1, 0.15) is 5.82 Å². The van der Waals surface area contributed by atoms with Gasteiger partial charge >= 0.3 is 6.18 Å². The van der Waals surface area contributed by atoms with Gasteiger partial charge in [-0.05, 0) is 73.9 Å². The molecule has 8 heteroatoms. The van der Waals surface area contributed by atoms with Crippen LogP contribution in [0.1, 0.15) is 22.4 Å². The van der Waals surface area contributed by atoms with Gasteiger partial charge in [0.15, 0.2) is 0 Å². The molecule has 1 atom stereocenters. The molecule has 180 valence electrons. The zero-order chi connectivity index (χ0) is 25.1. The summed E-state index contributed by atoms with van der Waals surface area (Å²) in [5.74, 6) is -0.402. The average molecular weight is 481 g/mol. The lowest BCUT2D eigenvalue weighted by atomic mass is 9.91. The van der Waals surface area contributed by atoms with Crippen LogP contribution in [0.3, 0.4) is 0 Å². The fourth-order valence-corrected chi connectivity index (χ4v) is 4.73. The molecule has 0 amide bonds. The number of alkyl halides is 3. The standard InChI is InChI=1S/C27H23F4N3O/c1-16-5-4-6-23-17(2)18(3)33(25(16)23)15-26(35,27(29,30)31)20-7-12-24-19(13-20)14-32-34(24)22-10-8-21(28)9-11-22/h4-14,35H,15H2,1-3H3. The molecular weight excluding hydrogens is 458 g/mol. The molecule has 2 aromatic heterocycles. The highest BCUT2D eigenvalue weighted by Gasteiger charge is 2.55. The summed E-state index contributed by atoms with van der Waals surface area (Å²) in [6.07, 6.45) is -3.50. The average Bonchev–Trinajstić information content (AvgIpc) is 3.34. The molecule has 0 saturated heterocycles. The highest BCUT2D eigenvalue weighted by molar-refractivity contribution is 5.88. The maximum Gasteiger partial charge on any atom is 0.423 e. The molecule has 0 radical (unpaired) electrons. The molecule has 0 fully saturated rings. The highest BCUT2D eigenvalue weighted by Crippen LogP contribution is 2.43. The zero-order valence-electron chi connectivity index (χ0n) is 19.4. The maximum absolute atomic E-state index is 14.5. The summed E-state index contributed by atoms with van der Waals surface area (Å²) >= 11 is 0. The molecular formula is C27H23F4N3O. The van der Waals surface area contributed by atoms with Gasteiger partial charge in [-0.3, -0.25) is 0 Å². The molecule has 1 unspecified atom stereocenters. The third-order valence-electron chi connectivity index (χ3n) is 6.83. The van der Waals surface area contributed by atoms with Crippen molar-refractivity contribution in [2.24, 2.45) is 0 Å². The van der Waals surface area contributed by atoms with Gasteiger partial charge in [-0.1, -0.05) is 24.3 Å². The van der Waals surface area contributed by atoms with E-state index >= 15 is 0 Å². The number of aliphatic hydroxyl groups is 1. The molecule has 0 spiro atoms. The lowest BCUT2D eigenvalue weighted by Gasteiger charge is -2.32. The van der Waals surface area contributed by atoms with Crippen LogP contribution in [-0.4, -0.2) is 25.6 Å². The summed E-state index contributed by atoms with van der Waals surface area (Å²) in [5, 5.41) is 16.8. The van der Waals surface area contributed by atoms with E-state index in [1.54, 1.807) is 11.5 Å². The molecule has 0 saturated carbocycles. The van der Waals surface area contributed by atoms with E-state index in [1.165, 1.54) is 53.3 Å². The Morgan fingerprint density at radius 2 is 1.66 bits per heavy atom. The van der Waals surface area contributed by atoms with E-state index in [1.807, 2.05) is 32.0 Å². The highest BCUT2D eigenvalue weighted by atomic mass is 19.4. The molecule has 5 aromatic rings. The van der Waals surface area contributed by atoms with Crippen LogP contribution < -0.4 is 0 Å². The van der Waals surface area contributed by atoms with Crippen LogP contribution in [0.5, 0.6) is 0 Å². The first-order chi connectivity index (χ1) is 16.5. The van der Waals surface area contributed by atoms with Gasteiger partial charge in [0.25, 0.3) is 0 Å². The molecule has 4 nitrogen and oxygen atoms in total. The molecule has 0 aliphatic heterocycles. The number of aromatic nitrogens is 3. The summed E-state index contributed by atoms with van der Waals surface area (Å²) in [6, 6.07) is 15.3. The summed E-state index contributed by atoms with van der Waals surface area (Å²) in [7, 11) is 0. The SMILES string of the molecule is Cc1c(C)n(CC(O)(c2ccc3c(cnn3-c3ccc(F)cc3)c2)C(F)(F)F)c2c(C)cccc12. The van der Waals surface area contributed by atoms with Crippen LogP contribution in [0, 0.1) is 26.6 Å². The van der Waals surface area contributed by atoms with Gasteiger partial charge in [-0.2, -0.15) is 18.3 Å². The fraction of sp³-hybridized carbons (Fsp3) is 0.222. The van der Waals surface area contributed by atoms with Crippen molar-refractivity contribution in [1.82, 2.24) is 14.3 Å². The number of hydrogen-bond acceptors (Lipinski definition) is 2. The first-order valence-corrected chi connectivity index (χ1v) is 11.1. The molecule has 3 aromatic carbocycles. The second-order valence-electron chi connectivity index (χ2n) is 8.93. The Labute approximate surface area is 199 Å². The Morgan fingerprint density at radius 3 is 2.34 bits per heavy atom. The van der Waals surface area contributed by atoms with Gasteiger partial charge in [0.05, 0.1) is 29.5 Å². The van der Waals surface area contributed by atoms with E-state index in [9.17, 15) is 22.7 Å². The molecule has 0 aliphatic carbocycles. The van der Waals surface area contributed by atoms with E-state index in [-0.39, 0.29) is 5.56 Å². The molecule has 5 rings (SSSR count). The quantitative estimate of drug-likeness (QED) is 0.298. The number of para-hydroxylation sites is 1. The van der Waals surface area contributed by atoms with Crippen molar-refractivity contribution in [1.29, 1.82) is 0 Å². The maximum atomic E-state index is 14.5. The van der Waals surface area contributed by atoms with E-state index in [0.717, 1.165) is 16.5 Å². The Bertz CT molecular complexity index is 1560. The Morgan fingerprint density at radius 1 is 0.943 bits per heavy atom. The van der Waals surface area contributed by atoms with Crippen LogP contribution in [0.15, 0.2) is 66.9 Å². The van der Waals surface area contributed by atoms with Crippen LogP contribution in [0.4, 0.5) is 17.6 Å². The largest absolute Gasteiger partial charge is 0.423 e. The first-order valence-electron chi connectivity index (χ1n) is 11.1. The molecule has 2 heterocycles. The van der Waals surface area contributed by atoms with Crippen LogP contribution in [0.25, 0.3) is 27.5 Å². The van der Waals surface area contributed by atoms with Crippen LogP contribution in [-0.2, 0) is 12.1 Å². The predicted molar refractivity (Wildman–Crippen MR) is 127 cm³/mol. The van der Waals surface area contributed by atoms with Crippen molar-refractivity contribution in [3.8, 4) is 5.69 Å². The number of rotatable bonds is 4. The third-order valence-corrected chi connectivity index (χ3v) is 6.83. The monoisotopic (exact) mass is 481 g/mol. The summed E-state index contributed by atoms with van der Waals surface area (Å²) < 4.78 is 59.9. The minimum absolute atomic E-state index is 0.274. The van der Waals surface area contributed by atoms with Crippen LogP contribution in [0.2, 0.25) is 0 Å². The van der Waals surface area contributed by atoms with Crippen molar-refractivity contribution in [2.75, 3.05) is 0 Å². The Balaban J connectivity index is 1.64. The summed E-state index contributed by atoms with van der Waals surface area (Å²) in [6.45, 7) is 4.80. The summed E-state index contributed by atoms with van der Waals surface area (Å²) in [5.41, 5.74) is 0.759. The van der Waals surface area contributed by atoms with Gasteiger partial charge in [0, 0.05) is 16.5 Å². The van der Waals surface area contributed by atoms with Gasteiger partial charge in [-0.25, -0.2) is 9.07 Å². The number of hydrogen-bond donors (Lipinski definition) is 1. The minimum atomic E-state index is -4.94. The number of benzene rings is 3. The van der Waals surface area contributed by atoms with Gasteiger partial charge < -0.3 is 9.67 Å². The first kappa shape index (κ1) is 23.1. The van der Waals surface area contributed by atoms with Crippen LogP contribution >= 0.6 is 0 Å².